The Hall–Kier alpha value is -2.99. The van der Waals surface area contributed by atoms with Crippen molar-refractivity contribution in [2.75, 3.05) is 26.7 Å². The first kappa shape index (κ1) is 20.3. The molecule has 1 saturated heterocycles. The lowest BCUT2D eigenvalue weighted by Crippen LogP contribution is -2.47. The third-order valence-electron chi connectivity index (χ3n) is 5.77. The molecule has 6 heteroatoms. The Bertz CT molecular complexity index is 895. The van der Waals surface area contributed by atoms with Crippen molar-refractivity contribution in [3.05, 3.63) is 78.1 Å². The van der Waals surface area contributed by atoms with Crippen molar-refractivity contribution in [2.24, 2.45) is 0 Å². The lowest BCUT2D eigenvalue weighted by molar-refractivity contribution is 0.0501. The summed E-state index contributed by atoms with van der Waals surface area (Å²) in [6.07, 6.45) is 6.08. The van der Waals surface area contributed by atoms with Crippen LogP contribution < -0.4 is 4.74 Å². The van der Waals surface area contributed by atoms with E-state index in [-0.39, 0.29) is 11.9 Å². The van der Waals surface area contributed by atoms with Crippen molar-refractivity contribution in [1.82, 2.24) is 9.80 Å². The van der Waals surface area contributed by atoms with Gasteiger partial charge in [0, 0.05) is 25.7 Å². The summed E-state index contributed by atoms with van der Waals surface area (Å²) in [5.74, 6) is 1.98. The normalized spacial score (nSPS) is 15.2. The van der Waals surface area contributed by atoms with Gasteiger partial charge in [0.05, 0.1) is 26.2 Å². The minimum absolute atomic E-state index is 0.0758. The number of rotatable bonds is 8. The minimum Gasteiger partial charge on any atom is -0.497 e. The lowest BCUT2D eigenvalue weighted by atomic mass is 10.0. The minimum atomic E-state index is -0.0758. The third-order valence-corrected chi connectivity index (χ3v) is 5.77. The molecule has 0 bridgehead atoms. The molecule has 1 aliphatic rings. The number of furan rings is 2. The van der Waals surface area contributed by atoms with Gasteiger partial charge in [-0.25, -0.2) is 0 Å². The van der Waals surface area contributed by atoms with Crippen molar-refractivity contribution in [2.45, 2.75) is 31.8 Å². The summed E-state index contributed by atoms with van der Waals surface area (Å²) in [6, 6.07) is 15.7. The molecule has 2 aromatic heterocycles. The second-order valence-electron chi connectivity index (χ2n) is 7.66. The van der Waals surface area contributed by atoms with Gasteiger partial charge in [0.25, 0.3) is 5.91 Å². The quantitative estimate of drug-likeness (QED) is 0.558. The van der Waals surface area contributed by atoms with Crippen molar-refractivity contribution in [3.8, 4) is 5.75 Å². The van der Waals surface area contributed by atoms with Crippen molar-refractivity contribution in [3.63, 3.8) is 0 Å². The van der Waals surface area contributed by atoms with Crippen LogP contribution >= 0.6 is 0 Å². The van der Waals surface area contributed by atoms with Gasteiger partial charge in [-0.3, -0.25) is 4.79 Å². The molecule has 3 aromatic rings. The van der Waals surface area contributed by atoms with Crippen LogP contribution in [0.4, 0.5) is 0 Å². The molecule has 0 radical (unpaired) electrons. The van der Waals surface area contributed by atoms with E-state index in [0.29, 0.717) is 12.3 Å². The van der Waals surface area contributed by atoms with Gasteiger partial charge < -0.3 is 23.4 Å². The number of piperidine rings is 1. The molecule has 6 nitrogen and oxygen atoms in total. The molecule has 0 atom stereocenters. The summed E-state index contributed by atoms with van der Waals surface area (Å²) in [5.41, 5.74) is 1.31. The van der Waals surface area contributed by atoms with E-state index in [2.05, 4.69) is 17.0 Å². The second kappa shape index (κ2) is 9.67. The highest BCUT2D eigenvalue weighted by atomic mass is 16.5. The summed E-state index contributed by atoms with van der Waals surface area (Å²) in [6.45, 7) is 3.42. The first-order valence-electron chi connectivity index (χ1n) is 10.4. The van der Waals surface area contributed by atoms with Gasteiger partial charge in [0.1, 0.15) is 11.5 Å². The number of carbonyl (C=O) groups is 1. The summed E-state index contributed by atoms with van der Waals surface area (Å²) >= 11 is 0. The third kappa shape index (κ3) is 4.94. The maximum absolute atomic E-state index is 13.0. The number of ether oxygens (including phenoxy) is 1. The Morgan fingerprint density at radius 2 is 1.80 bits per heavy atom. The van der Waals surface area contributed by atoms with Crippen LogP contribution in [0.5, 0.6) is 5.75 Å². The van der Waals surface area contributed by atoms with E-state index in [1.165, 1.54) is 5.56 Å². The number of likely N-dealkylation sites (tertiary alicyclic amines) is 1. The largest absolute Gasteiger partial charge is 0.497 e. The fourth-order valence-electron chi connectivity index (χ4n) is 4.01. The molecule has 0 N–H and O–H groups in total. The van der Waals surface area contributed by atoms with E-state index in [9.17, 15) is 4.79 Å². The first-order chi connectivity index (χ1) is 14.7. The van der Waals surface area contributed by atoms with Crippen LogP contribution in [0.2, 0.25) is 0 Å². The van der Waals surface area contributed by atoms with E-state index in [4.69, 9.17) is 13.6 Å². The molecular weight excluding hydrogens is 380 g/mol. The summed E-state index contributed by atoms with van der Waals surface area (Å²) in [4.78, 5) is 17.4. The second-order valence-corrected chi connectivity index (χ2v) is 7.66. The number of methoxy groups -OCH3 is 1. The number of hydrogen-bond acceptors (Lipinski definition) is 5. The standard InChI is InChI=1S/C24H28N2O4/c1-28-21-8-6-19(7-9-21)10-13-25-14-11-20(12-15-25)26(18-22-4-2-16-29-22)24(27)23-5-3-17-30-23/h2-9,16-17,20H,10-15,18H2,1H3. The lowest BCUT2D eigenvalue weighted by Gasteiger charge is -2.38. The zero-order valence-corrected chi connectivity index (χ0v) is 17.3. The van der Waals surface area contributed by atoms with Crippen molar-refractivity contribution < 1.29 is 18.4 Å². The average Bonchev–Trinajstić information content (AvgIpc) is 3.51. The van der Waals surface area contributed by atoms with Crippen LogP contribution in [0.25, 0.3) is 0 Å². The Labute approximate surface area is 177 Å². The topological polar surface area (TPSA) is 59.1 Å². The highest BCUT2D eigenvalue weighted by molar-refractivity contribution is 5.91. The van der Waals surface area contributed by atoms with E-state index in [0.717, 1.165) is 50.4 Å². The fraction of sp³-hybridized carbons (Fsp3) is 0.375. The molecule has 0 aliphatic carbocycles. The first-order valence-corrected chi connectivity index (χ1v) is 10.4. The molecule has 0 spiro atoms. The number of amides is 1. The van der Waals surface area contributed by atoms with E-state index < -0.39 is 0 Å². The number of carbonyl (C=O) groups excluding carboxylic acids is 1. The van der Waals surface area contributed by atoms with E-state index >= 15 is 0 Å². The van der Waals surface area contributed by atoms with Gasteiger partial charge in [-0.1, -0.05) is 12.1 Å². The molecule has 3 heterocycles. The van der Waals surface area contributed by atoms with Crippen LogP contribution in [-0.4, -0.2) is 48.5 Å². The van der Waals surface area contributed by atoms with E-state index in [1.54, 1.807) is 31.8 Å². The van der Waals surface area contributed by atoms with Crippen LogP contribution in [-0.2, 0) is 13.0 Å². The highest BCUT2D eigenvalue weighted by Gasteiger charge is 2.30. The smallest absolute Gasteiger partial charge is 0.290 e. The molecule has 30 heavy (non-hydrogen) atoms. The summed E-state index contributed by atoms with van der Waals surface area (Å²) in [5, 5.41) is 0. The molecule has 1 aliphatic heterocycles. The molecular formula is C24H28N2O4. The Morgan fingerprint density at radius 3 is 2.43 bits per heavy atom. The van der Waals surface area contributed by atoms with Crippen LogP contribution in [0.15, 0.2) is 69.9 Å². The maximum Gasteiger partial charge on any atom is 0.290 e. The van der Waals surface area contributed by atoms with E-state index in [1.807, 2.05) is 29.2 Å². The zero-order chi connectivity index (χ0) is 20.8. The SMILES string of the molecule is COc1ccc(CCN2CCC(N(Cc3ccco3)C(=O)c3ccco3)CC2)cc1. The Kier molecular flexibility index (Phi) is 6.54. The van der Waals surface area contributed by atoms with Gasteiger partial charge in [0.2, 0.25) is 0 Å². The summed E-state index contributed by atoms with van der Waals surface area (Å²) in [7, 11) is 1.69. The molecule has 0 saturated carbocycles. The molecule has 1 fully saturated rings. The molecule has 1 amide bonds. The number of benzene rings is 1. The van der Waals surface area contributed by atoms with Crippen LogP contribution in [0.1, 0.15) is 34.7 Å². The van der Waals surface area contributed by atoms with Crippen molar-refractivity contribution >= 4 is 5.91 Å². The molecule has 4 rings (SSSR count). The Morgan fingerprint density at radius 1 is 1.07 bits per heavy atom. The van der Waals surface area contributed by atoms with Gasteiger partial charge in [-0.2, -0.15) is 0 Å². The Balaban J connectivity index is 1.34. The van der Waals surface area contributed by atoms with Gasteiger partial charge in [0.15, 0.2) is 5.76 Å². The van der Waals surface area contributed by atoms with Gasteiger partial charge in [-0.05, 0) is 61.2 Å². The van der Waals surface area contributed by atoms with Crippen LogP contribution in [0, 0.1) is 0 Å². The average molecular weight is 408 g/mol. The molecule has 158 valence electrons. The highest BCUT2D eigenvalue weighted by Crippen LogP contribution is 2.22. The van der Waals surface area contributed by atoms with Gasteiger partial charge in [-0.15, -0.1) is 0 Å². The zero-order valence-electron chi connectivity index (χ0n) is 17.3. The van der Waals surface area contributed by atoms with Crippen LogP contribution in [0.3, 0.4) is 0 Å². The molecule has 1 aromatic carbocycles. The monoisotopic (exact) mass is 408 g/mol. The predicted octanol–water partition coefficient (Wildman–Crippen LogP) is 4.23. The maximum atomic E-state index is 13.0. The number of nitrogens with zero attached hydrogens (tertiary/aromatic N) is 2. The van der Waals surface area contributed by atoms with Gasteiger partial charge >= 0.3 is 0 Å². The molecule has 0 unspecified atom stereocenters. The predicted molar refractivity (Wildman–Crippen MR) is 113 cm³/mol. The number of hydrogen-bond donors (Lipinski definition) is 0. The summed E-state index contributed by atoms with van der Waals surface area (Å²) < 4.78 is 16.1. The van der Waals surface area contributed by atoms with Crippen molar-refractivity contribution in [1.29, 1.82) is 0 Å². The fourth-order valence-corrected chi connectivity index (χ4v) is 4.01.